The van der Waals surface area contributed by atoms with E-state index in [9.17, 15) is 4.79 Å². The molecule has 2 aromatic carbocycles. The summed E-state index contributed by atoms with van der Waals surface area (Å²) in [7, 11) is 0. The molecule has 3 aromatic rings. The molecule has 0 radical (unpaired) electrons. The van der Waals surface area contributed by atoms with Gasteiger partial charge in [-0.2, -0.15) is 0 Å². The number of H-pyrrole nitrogens is 1. The van der Waals surface area contributed by atoms with Crippen molar-refractivity contribution in [1.29, 1.82) is 0 Å². The summed E-state index contributed by atoms with van der Waals surface area (Å²) in [5.74, 6) is 2.28. The molecule has 1 N–H and O–H groups in total. The number of rotatable bonds is 3. The van der Waals surface area contributed by atoms with E-state index in [1.54, 1.807) is 0 Å². The van der Waals surface area contributed by atoms with Crippen LogP contribution >= 0.6 is 0 Å². The Kier molecular flexibility index (Phi) is 4.83. The first kappa shape index (κ1) is 19.6. The predicted octanol–water partition coefficient (Wildman–Crippen LogP) is 6.15. The van der Waals surface area contributed by atoms with Gasteiger partial charge in [-0.05, 0) is 49.5 Å². The lowest BCUT2D eigenvalue weighted by molar-refractivity contribution is -0.140. The molecule has 1 aliphatic carbocycles. The summed E-state index contributed by atoms with van der Waals surface area (Å²) in [6, 6.07) is 11.3. The highest BCUT2D eigenvalue weighted by Crippen LogP contribution is 2.47. The van der Waals surface area contributed by atoms with Crippen molar-refractivity contribution < 1.29 is 4.79 Å². The lowest BCUT2D eigenvalue weighted by Crippen LogP contribution is -2.44. The maximum absolute atomic E-state index is 13.6. The number of benzene rings is 2. The van der Waals surface area contributed by atoms with E-state index >= 15 is 0 Å². The number of likely N-dealkylation sites (tertiary alicyclic amines) is 1. The number of carbonyl (C=O) groups excluding carboxylic acids is 1. The van der Waals surface area contributed by atoms with Crippen LogP contribution in [0.1, 0.15) is 70.3 Å². The molecule has 0 spiro atoms. The molecule has 2 aliphatic rings. The maximum Gasteiger partial charge on any atom is 0.226 e. The SMILES string of the molecule is Cc1ccc2c(ccc3[nH]c([C@@H]4C[C@@H]5CCCC[C@@H]5N4C(=O)[C@@H](C)C(C)C)nc32)c1. The van der Waals surface area contributed by atoms with Crippen molar-refractivity contribution in [3.8, 4) is 0 Å². The van der Waals surface area contributed by atoms with Crippen LogP contribution in [-0.2, 0) is 4.79 Å². The molecule has 1 saturated carbocycles. The minimum Gasteiger partial charge on any atom is -0.340 e. The van der Waals surface area contributed by atoms with E-state index in [0.29, 0.717) is 23.8 Å². The molecule has 1 saturated heterocycles. The second kappa shape index (κ2) is 7.40. The molecule has 0 bridgehead atoms. The quantitative estimate of drug-likeness (QED) is 0.570. The van der Waals surface area contributed by atoms with Crippen LogP contribution in [0, 0.1) is 24.7 Å². The molecule has 158 valence electrons. The first-order chi connectivity index (χ1) is 14.4. The van der Waals surface area contributed by atoms with Gasteiger partial charge in [-0.15, -0.1) is 0 Å². The largest absolute Gasteiger partial charge is 0.340 e. The van der Waals surface area contributed by atoms with Crippen LogP contribution in [0.4, 0.5) is 0 Å². The second-order valence-electron chi connectivity index (χ2n) is 9.95. The molecule has 4 heteroatoms. The van der Waals surface area contributed by atoms with E-state index in [0.717, 1.165) is 29.7 Å². The number of imidazole rings is 1. The first-order valence-corrected chi connectivity index (χ1v) is 11.6. The van der Waals surface area contributed by atoms with E-state index < -0.39 is 0 Å². The number of nitrogens with one attached hydrogen (secondary N) is 1. The van der Waals surface area contributed by atoms with Gasteiger partial charge in [0.1, 0.15) is 5.82 Å². The summed E-state index contributed by atoms with van der Waals surface area (Å²) in [4.78, 5) is 24.5. The Morgan fingerprint density at radius 2 is 1.93 bits per heavy atom. The van der Waals surface area contributed by atoms with Crippen molar-refractivity contribution in [1.82, 2.24) is 14.9 Å². The summed E-state index contributed by atoms with van der Waals surface area (Å²) in [6.45, 7) is 8.52. The monoisotopic (exact) mass is 403 g/mol. The molecule has 4 atom stereocenters. The van der Waals surface area contributed by atoms with E-state index in [1.165, 1.54) is 35.6 Å². The molecular weight excluding hydrogens is 370 g/mol. The zero-order valence-electron chi connectivity index (χ0n) is 18.6. The van der Waals surface area contributed by atoms with Gasteiger partial charge in [-0.1, -0.05) is 63.4 Å². The molecule has 4 nitrogen and oxygen atoms in total. The molecule has 1 amide bonds. The standard InChI is InChI=1S/C26H33N3O/c1-15(2)17(4)26(30)29-22-8-6-5-7-19(22)14-23(29)25-27-21-12-10-18-13-16(3)9-11-20(18)24(21)28-25/h9-13,15,17,19,22-23H,5-8,14H2,1-4H3,(H,27,28)/t17-,19-,22-,23-/m0/s1. The maximum atomic E-state index is 13.6. The van der Waals surface area contributed by atoms with Gasteiger partial charge in [0.2, 0.25) is 5.91 Å². The third-order valence-electron chi connectivity index (χ3n) is 7.69. The Labute approximate surface area is 179 Å². The summed E-state index contributed by atoms with van der Waals surface area (Å²) < 4.78 is 0. The van der Waals surface area contributed by atoms with Gasteiger partial charge in [0.05, 0.1) is 17.1 Å². The van der Waals surface area contributed by atoms with Crippen molar-refractivity contribution in [3.05, 3.63) is 41.7 Å². The Hall–Kier alpha value is -2.36. The Bertz CT molecular complexity index is 1100. The first-order valence-electron chi connectivity index (χ1n) is 11.6. The number of amides is 1. The zero-order valence-corrected chi connectivity index (χ0v) is 18.6. The molecule has 1 aliphatic heterocycles. The third kappa shape index (κ3) is 3.12. The number of aromatic amines is 1. The van der Waals surface area contributed by atoms with Gasteiger partial charge >= 0.3 is 0 Å². The number of hydrogen-bond donors (Lipinski definition) is 1. The highest BCUT2D eigenvalue weighted by molar-refractivity contribution is 6.04. The van der Waals surface area contributed by atoms with Crippen molar-refractivity contribution in [2.75, 3.05) is 0 Å². The Balaban J connectivity index is 1.59. The smallest absolute Gasteiger partial charge is 0.226 e. The molecule has 2 heterocycles. The second-order valence-corrected chi connectivity index (χ2v) is 9.95. The van der Waals surface area contributed by atoms with E-state index in [2.05, 4.69) is 67.9 Å². The molecule has 5 rings (SSSR count). The highest BCUT2D eigenvalue weighted by atomic mass is 16.2. The molecule has 2 fully saturated rings. The number of hydrogen-bond acceptors (Lipinski definition) is 2. The number of aromatic nitrogens is 2. The topological polar surface area (TPSA) is 49.0 Å². The molecule has 0 unspecified atom stereocenters. The van der Waals surface area contributed by atoms with Crippen LogP contribution in [-0.4, -0.2) is 26.8 Å². The number of carbonyl (C=O) groups is 1. The minimum absolute atomic E-state index is 0.0429. The summed E-state index contributed by atoms with van der Waals surface area (Å²) >= 11 is 0. The van der Waals surface area contributed by atoms with Gasteiger partial charge in [0.25, 0.3) is 0 Å². The van der Waals surface area contributed by atoms with Gasteiger partial charge in [-0.3, -0.25) is 4.79 Å². The Morgan fingerprint density at radius 3 is 2.73 bits per heavy atom. The molecular formula is C26H33N3O. The third-order valence-corrected chi connectivity index (χ3v) is 7.69. The fourth-order valence-corrected chi connectivity index (χ4v) is 5.64. The van der Waals surface area contributed by atoms with Gasteiger partial charge in [0, 0.05) is 17.3 Å². The lowest BCUT2D eigenvalue weighted by Gasteiger charge is -2.36. The van der Waals surface area contributed by atoms with Gasteiger partial charge < -0.3 is 9.88 Å². The van der Waals surface area contributed by atoms with Crippen LogP contribution in [0.2, 0.25) is 0 Å². The van der Waals surface area contributed by atoms with Crippen molar-refractivity contribution in [2.24, 2.45) is 17.8 Å². The summed E-state index contributed by atoms with van der Waals surface area (Å²) in [5.41, 5.74) is 3.36. The van der Waals surface area contributed by atoms with Crippen LogP contribution < -0.4 is 0 Å². The number of aryl methyl sites for hydroxylation is 1. The average Bonchev–Trinajstić information content (AvgIpc) is 3.33. The highest BCUT2D eigenvalue weighted by Gasteiger charge is 2.47. The molecule has 30 heavy (non-hydrogen) atoms. The summed E-state index contributed by atoms with van der Waals surface area (Å²) in [6.07, 6.45) is 5.94. The number of nitrogens with zero attached hydrogens (tertiary/aromatic N) is 2. The average molecular weight is 404 g/mol. The predicted molar refractivity (Wildman–Crippen MR) is 122 cm³/mol. The van der Waals surface area contributed by atoms with Crippen molar-refractivity contribution in [3.63, 3.8) is 0 Å². The van der Waals surface area contributed by atoms with Crippen LogP contribution in [0.3, 0.4) is 0 Å². The normalized spacial score (nSPS) is 25.2. The van der Waals surface area contributed by atoms with Crippen LogP contribution in [0.15, 0.2) is 30.3 Å². The lowest BCUT2D eigenvalue weighted by atomic mass is 9.84. The van der Waals surface area contributed by atoms with Crippen LogP contribution in [0.5, 0.6) is 0 Å². The fourth-order valence-electron chi connectivity index (χ4n) is 5.64. The number of fused-ring (bicyclic) bond motifs is 4. The Morgan fingerprint density at radius 1 is 1.13 bits per heavy atom. The summed E-state index contributed by atoms with van der Waals surface area (Å²) in [5, 5.41) is 2.41. The van der Waals surface area contributed by atoms with Crippen molar-refractivity contribution >= 4 is 27.7 Å². The van der Waals surface area contributed by atoms with E-state index in [4.69, 9.17) is 4.98 Å². The molecule has 1 aromatic heterocycles. The van der Waals surface area contributed by atoms with E-state index in [1.807, 2.05) is 0 Å². The zero-order chi connectivity index (χ0) is 21.0. The fraction of sp³-hybridized carbons (Fsp3) is 0.538. The van der Waals surface area contributed by atoms with Gasteiger partial charge in [-0.25, -0.2) is 4.98 Å². The van der Waals surface area contributed by atoms with Crippen LogP contribution in [0.25, 0.3) is 21.8 Å². The van der Waals surface area contributed by atoms with Crippen molar-refractivity contribution in [2.45, 2.75) is 71.9 Å². The van der Waals surface area contributed by atoms with Gasteiger partial charge in [0.15, 0.2) is 0 Å². The minimum atomic E-state index is 0.0429. The van der Waals surface area contributed by atoms with E-state index in [-0.39, 0.29) is 12.0 Å².